The fraction of sp³-hybridized carbons (Fsp3) is 0.700. The Bertz CT molecular complexity index is 1060. The molecule has 3 heterocycles. The zero-order chi connectivity index (χ0) is 27.7. The van der Waals surface area contributed by atoms with Crippen molar-refractivity contribution in [2.24, 2.45) is 17.8 Å². The van der Waals surface area contributed by atoms with Gasteiger partial charge in [-0.25, -0.2) is 0 Å². The minimum atomic E-state index is -0.675. The number of benzene rings is 1. The molecule has 2 bridgehead atoms. The van der Waals surface area contributed by atoms with Crippen LogP contribution in [0, 0.1) is 17.8 Å². The Balaban J connectivity index is 1.43. The summed E-state index contributed by atoms with van der Waals surface area (Å²) in [7, 11) is 0. The van der Waals surface area contributed by atoms with Crippen molar-refractivity contribution in [3.8, 4) is 5.75 Å². The van der Waals surface area contributed by atoms with Gasteiger partial charge in [-0.2, -0.15) is 0 Å². The zero-order valence-electron chi connectivity index (χ0n) is 23.4. The second-order valence-electron chi connectivity index (χ2n) is 12.1. The van der Waals surface area contributed by atoms with E-state index in [0.29, 0.717) is 18.7 Å². The first-order valence-corrected chi connectivity index (χ1v) is 15.6. The predicted molar refractivity (Wildman–Crippen MR) is 153 cm³/mol. The highest BCUT2D eigenvalue weighted by Crippen LogP contribution is 2.66. The third kappa shape index (κ3) is 5.29. The van der Waals surface area contributed by atoms with Crippen LogP contribution in [0.2, 0.25) is 0 Å². The third-order valence-corrected chi connectivity index (χ3v) is 11.0. The molecule has 3 aliphatic heterocycles. The van der Waals surface area contributed by atoms with Gasteiger partial charge in [-0.3, -0.25) is 14.4 Å². The quantitative estimate of drug-likeness (QED) is 0.402. The molecule has 3 amide bonds. The third-order valence-electron chi connectivity index (χ3n) is 9.02. The van der Waals surface area contributed by atoms with Gasteiger partial charge in [0.1, 0.15) is 11.8 Å². The number of anilines is 1. The van der Waals surface area contributed by atoms with E-state index in [4.69, 9.17) is 4.74 Å². The van der Waals surface area contributed by atoms with Gasteiger partial charge in [-0.1, -0.05) is 33.1 Å². The molecular formula is C30H43N3O5S. The van der Waals surface area contributed by atoms with Crippen LogP contribution in [0.5, 0.6) is 5.75 Å². The number of fused-ring (bicyclic) bond motifs is 1. The molecule has 3 saturated heterocycles. The number of carbonyl (C=O) groups excluding carboxylic acids is 3. The molecule has 9 heteroatoms. The maximum atomic E-state index is 14.3. The van der Waals surface area contributed by atoms with E-state index < -0.39 is 28.7 Å². The van der Waals surface area contributed by atoms with Gasteiger partial charge < -0.3 is 25.4 Å². The van der Waals surface area contributed by atoms with Gasteiger partial charge in [0.15, 0.2) is 0 Å². The van der Waals surface area contributed by atoms with Crippen molar-refractivity contribution in [3.05, 3.63) is 24.3 Å². The van der Waals surface area contributed by atoms with E-state index >= 15 is 0 Å². The van der Waals surface area contributed by atoms with E-state index in [0.717, 1.165) is 44.3 Å². The van der Waals surface area contributed by atoms with Gasteiger partial charge in [0.2, 0.25) is 17.7 Å². The summed E-state index contributed by atoms with van der Waals surface area (Å²) in [5, 5.41) is 16.7. The molecule has 2 unspecified atom stereocenters. The Morgan fingerprint density at radius 1 is 1.13 bits per heavy atom. The van der Waals surface area contributed by atoms with Gasteiger partial charge in [0.05, 0.1) is 35.8 Å². The average molecular weight is 558 g/mol. The minimum absolute atomic E-state index is 0.00791. The van der Waals surface area contributed by atoms with Crippen LogP contribution in [0.1, 0.15) is 72.1 Å². The molecule has 1 spiro atoms. The molecule has 214 valence electrons. The molecule has 1 saturated carbocycles. The van der Waals surface area contributed by atoms with Gasteiger partial charge in [0, 0.05) is 17.0 Å². The van der Waals surface area contributed by atoms with Crippen molar-refractivity contribution in [2.45, 2.75) is 100 Å². The molecule has 0 radical (unpaired) electrons. The standard InChI is InChI=1S/C30H43N3O5S/c1-4-38-22-12-10-20(11-13-22)31-27(35)24-23-14-15-30(39-23)25(24)29(37)33(21(17-34)16-18(2)3)26(30)28(36)32-19-8-6-5-7-9-19/h10-13,18-19,21,23-26,34H,4-9,14-17H2,1-3H3,(H,31,35)(H,32,36)/t21-,23+,24-,25+,26?,30?/m1/s1. The highest BCUT2D eigenvalue weighted by atomic mass is 32.2. The SMILES string of the molecule is CCOc1ccc(NC(=O)[C@@H]2[C@@H]3CCC4(S3)C(C(=O)NC3CCCCC3)N([C@@H](CO)CC(C)C)C(=O)[C@H]24)cc1. The smallest absolute Gasteiger partial charge is 0.244 e. The average Bonchev–Trinajstić information content (AvgIpc) is 3.56. The summed E-state index contributed by atoms with van der Waals surface area (Å²) in [4.78, 5) is 43.7. The Labute approximate surface area is 236 Å². The Hall–Kier alpha value is -2.26. The summed E-state index contributed by atoms with van der Waals surface area (Å²) in [6, 6.07) is 6.27. The normalized spacial score (nSPS) is 30.9. The van der Waals surface area contributed by atoms with Crippen molar-refractivity contribution in [1.82, 2.24) is 10.2 Å². The van der Waals surface area contributed by atoms with E-state index in [2.05, 4.69) is 24.5 Å². The first-order chi connectivity index (χ1) is 18.8. The summed E-state index contributed by atoms with van der Waals surface area (Å²) in [6.45, 7) is 6.42. The van der Waals surface area contributed by atoms with Gasteiger partial charge in [0.25, 0.3) is 0 Å². The fourth-order valence-corrected chi connectivity index (χ4v) is 9.66. The van der Waals surface area contributed by atoms with Gasteiger partial charge >= 0.3 is 0 Å². The highest BCUT2D eigenvalue weighted by molar-refractivity contribution is 8.02. The van der Waals surface area contributed by atoms with Crippen molar-refractivity contribution in [3.63, 3.8) is 0 Å². The monoisotopic (exact) mass is 557 g/mol. The first-order valence-electron chi connectivity index (χ1n) is 14.7. The summed E-state index contributed by atoms with van der Waals surface area (Å²) >= 11 is 1.67. The summed E-state index contributed by atoms with van der Waals surface area (Å²) in [5.41, 5.74) is 0.659. The maximum absolute atomic E-state index is 14.3. The lowest BCUT2D eigenvalue weighted by atomic mass is 9.70. The Kier molecular flexibility index (Phi) is 8.48. The van der Waals surface area contributed by atoms with Crippen LogP contribution >= 0.6 is 11.8 Å². The lowest BCUT2D eigenvalue weighted by Crippen LogP contribution is -2.58. The van der Waals surface area contributed by atoms with Crippen LogP contribution in [0.3, 0.4) is 0 Å². The van der Waals surface area contributed by atoms with E-state index in [1.807, 2.05) is 31.2 Å². The maximum Gasteiger partial charge on any atom is 0.244 e. The molecule has 1 aliphatic carbocycles. The van der Waals surface area contributed by atoms with Crippen LogP contribution in [0.15, 0.2) is 24.3 Å². The predicted octanol–water partition coefficient (Wildman–Crippen LogP) is 3.97. The van der Waals surface area contributed by atoms with Crippen LogP contribution < -0.4 is 15.4 Å². The Morgan fingerprint density at radius 3 is 2.49 bits per heavy atom. The second-order valence-corrected chi connectivity index (χ2v) is 13.7. The number of likely N-dealkylation sites (tertiary alicyclic amines) is 1. The van der Waals surface area contributed by atoms with E-state index in [-0.39, 0.29) is 41.5 Å². The summed E-state index contributed by atoms with van der Waals surface area (Å²) in [5.74, 6) is -0.547. The molecule has 1 aromatic rings. The van der Waals surface area contributed by atoms with Crippen LogP contribution in [0.25, 0.3) is 0 Å². The lowest BCUT2D eigenvalue weighted by Gasteiger charge is -2.38. The van der Waals surface area contributed by atoms with Crippen molar-refractivity contribution in [2.75, 3.05) is 18.5 Å². The Morgan fingerprint density at radius 2 is 1.85 bits per heavy atom. The molecule has 6 atom stereocenters. The van der Waals surface area contributed by atoms with Gasteiger partial charge in [-0.15, -0.1) is 11.8 Å². The fourth-order valence-electron chi connectivity index (χ4n) is 7.46. The molecule has 5 rings (SSSR count). The topological polar surface area (TPSA) is 108 Å². The highest BCUT2D eigenvalue weighted by Gasteiger charge is 2.74. The largest absolute Gasteiger partial charge is 0.494 e. The van der Waals surface area contributed by atoms with Crippen LogP contribution in [-0.4, -0.2) is 69.1 Å². The van der Waals surface area contributed by atoms with Crippen molar-refractivity contribution >= 4 is 35.2 Å². The summed E-state index contributed by atoms with van der Waals surface area (Å²) < 4.78 is 4.87. The number of thioether (sulfide) groups is 1. The van der Waals surface area contributed by atoms with Crippen molar-refractivity contribution in [1.29, 1.82) is 0 Å². The number of aliphatic hydroxyl groups is 1. The second kappa shape index (κ2) is 11.7. The molecule has 4 aliphatic rings. The van der Waals surface area contributed by atoms with Gasteiger partial charge in [-0.05, 0) is 69.2 Å². The summed E-state index contributed by atoms with van der Waals surface area (Å²) in [6.07, 6.45) is 7.44. The number of nitrogens with zero attached hydrogens (tertiary/aromatic N) is 1. The van der Waals surface area contributed by atoms with E-state index in [9.17, 15) is 19.5 Å². The lowest BCUT2D eigenvalue weighted by molar-refractivity contribution is -0.142. The number of hydrogen-bond acceptors (Lipinski definition) is 6. The van der Waals surface area contributed by atoms with E-state index in [1.54, 1.807) is 16.7 Å². The number of amides is 3. The molecule has 4 fully saturated rings. The van der Waals surface area contributed by atoms with Crippen molar-refractivity contribution < 1.29 is 24.2 Å². The number of rotatable bonds is 10. The first kappa shape index (κ1) is 28.3. The molecule has 39 heavy (non-hydrogen) atoms. The number of hydrogen-bond donors (Lipinski definition) is 3. The number of aliphatic hydroxyl groups excluding tert-OH is 1. The molecule has 1 aromatic carbocycles. The zero-order valence-corrected chi connectivity index (χ0v) is 24.2. The number of carbonyl (C=O) groups is 3. The molecule has 8 nitrogen and oxygen atoms in total. The van der Waals surface area contributed by atoms with Crippen LogP contribution in [0.4, 0.5) is 5.69 Å². The molecule has 3 N–H and O–H groups in total. The minimum Gasteiger partial charge on any atom is -0.494 e. The van der Waals surface area contributed by atoms with E-state index in [1.165, 1.54) is 6.42 Å². The molecular weight excluding hydrogens is 514 g/mol. The molecule has 0 aromatic heterocycles. The number of ether oxygens (including phenoxy) is 1. The number of nitrogens with one attached hydrogen (secondary N) is 2. The van der Waals surface area contributed by atoms with Crippen LogP contribution in [-0.2, 0) is 14.4 Å².